The summed E-state index contributed by atoms with van der Waals surface area (Å²) in [7, 11) is 0. The SMILES string of the molecule is c1nc(CNCC2CN(c3ccc(C4CC4)nn3)C2)cs1. The van der Waals surface area contributed by atoms with Crippen LogP contribution in [0.25, 0.3) is 0 Å². The lowest BCUT2D eigenvalue weighted by molar-refractivity contribution is 0.380. The van der Waals surface area contributed by atoms with Crippen molar-refractivity contribution >= 4 is 17.2 Å². The Morgan fingerprint density at radius 1 is 1.24 bits per heavy atom. The Hall–Kier alpha value is -1.53. The van der Waals surface area contributed by atoms with Crippen molar-refractivity contribution in [1.82, 2.24) is 20.5 Å². The zero-order chi connectivity index (χ0) is 14.1. The van der Waals surface area contributed by atoms with Crippen molar-refractivity contribution < 1.29 is 0 Å². The van der Waals surface area contributed by atoms with Crippen LogP contribution in [-0.4, -0.2) is 34.8 Å². The molecule has 2 fully saturated rings. The Kier molecular flexibility index (Phi) is 3.57. The number of hydrogen-bond acceptors (Lipinski definition) is 6. The zero-order valence-corrected chi connectivity index (χ0v) is 12.7. The van der Waals surface area contributed by atoms with Gasteiger partial charge in [-0.1, -0.05) is 0 Å². The fraction of sp³-hybridized carbons (Fsp3) is 0.533. The molecule has 4 rings (SSSR count). The Morgan fingerprint density at radius 2 is 2.14 bits per heavy atom. The van der Waals surface area contributed by atoms with Crippen molar-refractivity contribution in [3.05, 3.63) is 34.4 Å². The number of nitrogens with one attached hydrogen (secondary N) is 1. The van der Waals surface area contributed by atoms with E-state index in [9.17, 15) is 0 Å². The molecule has 0 bridgehead atoms. The van der Waals surface area contributed by atoms with Gasteiger partial charge in [-0.05, 0) is 25.0 Å². The van der Waals surface area contributed by atoms with Crippen LogP contribution >= 0.6 is 11.3 Å². The topological polar surface area (TPSA) is 53.9 Å². The standard InChI is InChI=1S/C15H19N5S/c1-2-12(1)14-3-4-15(19-18-14)20-7-11(8-20)5-16-6-13-9-21-10-17-13/h3-4,9-12,16H,1-2,5-8H2. The van der Waals surface area contributed by atoms with Gasteiger partial charge in [-0.3, -0.25) is 0 Å². The fourth-order valence-corrected chi connectivity index (χ4v) is 3.27. The first-order chi connectivity index (χ1) is 10.4. The third-order valence-corrected chi connectivity index (χ3v) is 4.81. The van der Waals surface area contributed by atoms with Crippen molar-refractivity contribution in [2.24, 2.45) is 5.92 Å². The lowest BCUT2D eigenvalue weighted by Gasteiger charge is -2.40. The Bertz CT molecular complexity index is 573. The number of nitrogens with zero attached hydrogens (tertiary/aromatic N) is 4. The van der Waals surface area contributed by atoms with Crippen molar-refractivity contribution in [1.29, 1.82) is 0 Å². The molecule has 0 amide bonds. The second kappa shape index (κ2) is 5.69. The van der Waals surface area contributed by atoms with E-state index in [0.717, 1.165) is 37.7 Å². The molecule has 0 atom stereocenters. The second-order valence-corrected chi connectivity index (χ2v) is 6.69. The van der Waals surface area contributed by atoms with Crippen LogP contribution < -0.4 is 10.2 Å². The minimum Gasteiger partial charge on any atom is -0.354 e. The molecule has 1 aliphatic carbocycles. The van der Waals surface area contributed by atoms with Gasteiger partial charge in [0.1, 0.15) is 0 Å². The van der Waals surface area contributed by atoms with E-state index >= 15 is 0 Å². The number of thiazole rings is 1. The molecule has 1 saturated carbocycles. The Balaban J connectivity index is 1.21. The van der Waals surface area contributed by atoms with E-state index in [1.54, 1.807) is 11.3 Å². The largest absolute Gasteiger partial charge is 0.354 e. The van der Waals surface area contributed by atoms with E-state index < -0.39 is 0 Å². The lowest BCUT2D eigenvalue weighted by atomic mass is 10.0. The second-order valence-electron chi connectivity index (χ2n) is 5.97. The van der Waals surface area contributed by atoms with E-state index in [1.165, 1.54) is 18.5 Å². The van der Waals surface area contributed by atoms with Gasteiger partial charge in [-0.2, -0.15) is 5.10 Å². The number of aromatic nitrogens is 3. The molecule has 5 nitrogen and oxygen atoms in total. The molecule has 110 valence electrons. The summed E-state index contributed by atoms with van der Waals surface area (Å²) in [6, 6.07) is 4.27. The summed E-state index contributed by atoms with van der Waals surface area (Å²) in [6.07, 6.45) is 2.56. The minimum absolute atomic E-state index is 0.686. The van der Waals surface area contributed by atoms with E-state index in [1.807, 2.05) is 5.51 Å². The molecule has 1 aliphatic heterocycles. The molecule has 2 aromatic heterocycles. The van der Waals surface area contributed by atoms with Crippen LogP contribution in [0.3, 0.4) is 0 Å². The molecule has 21 heavy (non-hydrogen) atoms. The maximum atomic E-state index is 4.36. The summed E-state index contributed by atoms with van der Waals surface area (Å²) in [5.41, 5.74) is 4.19. The normalized spacial score (nSPS) is 18.8. The monoisotopic (exact) mass is 301 g/mol. The van der Waals surface area contributed by atoms with E-state index in [4.69, 9.17) is 0 Å². The van der Waals surface area contributed by atoms with Crippen LogP contribution in [-0.2, 0) is 6.54 Å². The molecular formula is C15H19N5S. The number of anilines is 1. The highest BCUT2D eigenvalue weighted by Gasteiger charge is 2.29. The van der Waals surface area contributed by atoms with Crippen LogP contribution in [0.2, 0.25) is 0 Å². The van der Waals surface area contributed by atoms with Gasteiger partial charge < -0.3 is 10.2 Å². The lowest BCUT2D eigenvalue weighted by Crippen LogP contribution is -2.51. The first-order valence-electron chi connectivity index (χ1n) is 7.55. The summed E-state index contributed by atoms with van der Waals surface area (Å²) < 4.78 is 0. The number of hydrogen-bond donors (Lipinski definition) is 1. The molecule has 3 heterocycles. The van der Waals surface area contributed by atoms with E-state index in [2.05, 4.69) is 42.9 Å². The highest BCUT2D eigenvalue weighted by molar-refractivity contribution is 7.07. The third kappa shape index (κ3) is 3.06. The van der Waals surface area contributed by atoms with Gasteiger partial charge >= 0.3 is 0 Å². The molecular weight excluding hydrogens is 282 g/mol. The number of rotatable bonds is 6. The van der Waals surface area contributed by atoms with Crippen LogP contribution in [0.4, 0.5) is 5.82 Å². The summed E-state index contributed by atoms with van der Waals surface area (Å²) in [6.45, 7) is 4.06. The Morgan fingerprint density at radius 3 is 2.81 bits per heavy atom. The quantitative estimate of drug-likeness (QED) is 0.885. The predicted molar refractivity (Wildman–Crippen MR) is 83.5 cm³/mol. The summed E-state index contributed by atoms with van der Waals surface area (Å²) in [5, 5.41) is 14.3. The molecule has 0 aromatic carbocycles. The van der Waals surface area contributed by atoms with Crippen molar-refractivity contribution in [2.45, 2.75) is 25.3 Å². The molecule has 1 N–H and O–H groups in total. The Labute approximate surface area is 128 Å². The first-order valence-corrected chi connectivity index (χ1v) is 8.49. The van der Waals surface area contributed by atoms with Gasteiger partial charge in [-0.15, -0.1) is 16.4 Å². The summed E-state index contributed by atoms with van der Waals surface area (Å²) >= 11 is 1.65. The van der Waals surface area contributed by atoms with E-state index in [-0.39, 0.29) is 0 Å². The maximum absolute atomic E-state index is 4.36. The predicted octanol–water partition coefficient (Wildman–Crippen LogP) is 2.04. The van der Waals surface area contributed by atoms with Gasteiger partial charge in [0.15, 0.2) is 5.82 Å². The summed E-state index contributed by atoms with van der Waals surface area (Å²) in [4.78, 5) is 6.58. The zero-order valence-electron chi connectivity index (χ0n) is 11.9. The van der Waals surface area contributed by atoms with Gasteiger partial charge in [-0.25, -0.2) is 4.98 Å². The molecule has 1 saturated heterocycles. The van der Waals surface area contributed by atoms with Crippen molar-refractivity contribution in [2.75, 3.05) is 24.5 Å². The van der Waals surface area contributed by atoms with Gasteiger partial charge in [0.05, 0.1) is 16.9 Å². The molecule has 0 unspecified atom stereocenters. The highest BCUT2D eigenvalue weighted by Crippen LogP contribution is 2.38. The molecule has 6 heteroatoms. The minimum atomic E-state index is 0.686. The fourth-order valence-electron chi connectivity index (χ4n) is 2.72. The summed E-state index contributed by atoms with van der Waals surface area (Å²) in [5.74, 6) is 2.41. The first kappa shape index (κ1) is 13.2. The smallest absolute Gasteiger partial charge is 0.151 e. The molecule has 2 aromatic rings. The van der Waals surface area contributed by atoms with Crippen LogP contribution in [0.5, 0.6) is 0 Å². The van der Waals surface area contributed by atoms with Gasteiger partial charge in [0.2, 0.25) is 0 Å². The van der Waals surface area contributed by atoms with Crippen LogP contribution in [0.1, 0.15) is 30.1 Å². The molecule has 0 radical (unpaired) electrons. The van der Waals surface area contributed by atoms with Crippen molar-refractivity contribution in [3.8, 4) is 0 Å². The van der Waals surface area contributed by atoms with Crippen molar-refractivity contribution in [3.63, 3.8) is 0 Å². The average molecular weight is 301 g/mol. The van der Waals surface area contributed by atoms with Crippen LogP contribution in [0.15, 0.2) is 23.0 Å². The van der Waals surface area contributed by atoms with Gasteiger partial charge in [0, 0.05) is 43.4 Å². The average Bonchev–Trinajstić information content (AvgIpc) is 3.19. The third-order valence-electron chi connectivity index (χ3n) is 4.17. The van der Waals surface area contributed by atoms with Crippen LogP contribution in [0, 0.1) is 5.92 Å². The maximum Gasteiger partial charge on any atom is 0.151 e. The highest BCUT2D eigenvalue weighted by atomic mass is 32.1. The van der Waals surface area contributed by atoms with E-state index in [0.29, 0.717) is 11.8 Å². The van der Waals surface area contributed by atoms with Gasteiger partial charge in [0.25, 0.3) is 0 Å². The molecule has 2 aliphatic rings. The molecule has 0 spiro atoms.